The Balaban J connectivity index is 1.49. The SMILES string of the molecule is C[C@H]1CCCC[C@@H]1NC(=O)CSc1nnc(-c2cccs2)o1. The molecule has 1 aliphatic rings. The third-order valence-electron chi connectivity index (χ3n) is 3.92. The van der Waals surface area contributed by atoms with Crippen molar-refractivity contribution in [3.63, 3.8) is 0 Å². The number of rotatable bonds is 5. The standard InChI is InChI=1S/C15H19N3O2S2/c1-10-5-2-3-6-11(10)16-13(19)9-22-15-18-17-14(20-15)12-7-4-8-21-12/h4,7-8,10-11H,2-3,5-6,9H2,1H3,(H,16,19)/t10-,11-/m0/s1. The number of hydrogen-bond donors (Lipinski definition) is 1. The van der Waals surface area contributed by atoms with E-state index in [9.17, 15) is 4.79 Å². The van der Waals surface area contributed by atoms with E-state index in [-0.39, 0.29) is 5.91 Å². The van der Waals surface area contributed by atoms with Crippen LogP contribution >= 0.6 is 23.1 Å². The molecule has 3 rings (SSSR count). The monoisotopic (exact) mass is 337 g/mol. The van der Waals surface area contributed by atoms with Crippen LogP contribution in [0.5, 0.6) is 0 Å². The normalized spacial score (nSPS) is 21.7. The van der Waals surface area contributed by atoms with Crippen molar-refractivity contribution in [1.82, 2.24) is 15.5 Å². The predicted octanol–water partition coefficient (Wildman–Crippen LogP) is 3.59. The van der Waals surface area contributed by atoms with Gasteiger partial charge in [0.15, 0.2) is 0 Å². The molecule has 0 aliphatic heterocycles. The topological polar surface area (TPSA) is 68.0 Å². The van der Waals surface area contributed by atoms with Gasteiger partial charge in [0, 0.05) is 6.04 Å². The number of amides is 1. The van der Waals surface area contributed by atoms with Crippen LogP contribution in [0.15, 0.2) is 27.2 Å². The van der Waals surface area contributed by atoms with Crippen LogP contribution in [-0.2, 0) is 4.79 Å². The van der Waals surface area contributed by atoms with Gasteiger partial charge >= 0.3 is 0 Å². The fraction of sp³-hybridized carbons (Fsp3) is 0.533. The van der Waals surface area contributed by atoms with Gasteiger partial charge in [-0.15, -0.1) is 21.5 Å². The molecule has 2 atom stereocenters. The molecule has 0 saturated heterocycles. The second-order valence-corrected chi connectivity index (χ2v) is 7.45. The first kappa shape index (κ1) is 15.6. The Hall–Kier alpha value is -1.34. The van der Waals surface area contributed by atoms with Crippen LogP contribution in [0.4, 0.5) is 0 Å². The highest BCUT2D eigenvalue weighted by Gasteiger charge is 2.23. The van der Waals surface area contributed by atoms with Gasteiger partial charge in [-0.3, -0.25) is 4.79 Å². The second-order valence-electron chi connectivity index (χ2n) is 5.57. The Morgan fingerprint density at radius 1 is 1.45 bits per heavy atom. The number of thiophene rings is 1. The molecule has 0 aromatic carbocycles. The largest absolute Gasteiger partial charge is 0.410 e. The predicted molar refractivity (Wildman–Crippen MR) is 87.9 cm³/mol. The lowest BCUT2D eigenvalue weighted by molar-refractivity contribution is -0.119. The van der Waals surface area contributed by atoms with E-state index in [0.717, 1.165) is 11.3 Å². The number of thioether (sulfide) groups is 1. The van der Waals surface area contributed by atoms with Crippen molar-refractivity contribution >= 4 is 29.0 Å². The summed E-state index contributed by atoms with van der Waals surface area (Å²) >= 11 is 2.84. The fourth-order valence-electron chi connectivity index (χ4n) is 2.67. The Morgan fingerprint density at radius 2 is 2.32 bits per heavy atom. The molecule has 22 heavy (non-hydrogen) atoms. The summed E-state index contributed by atoms with van der Waals surface area (Å²) < 4.78 is 5.56. The average Bonchev–Trinajstić information content (AvgIpc) is 3.18. The highest BCUT2D eigenvalue weighted by atomic mass is 32.2. The lowest BCUT2D eigenvalue weighted by atomic mass is 9.86. The second kappa shape index (κ2) is 7.28. The summed E-state index contributed by atoms with van der Waals surface area (Å²) in [6.45, 7) is 2.21. The van der Waals surface area contributed by atoms with Crippen LogP contribution in [-0.4, -0.2) is 27.9 Å². The van der Waals surface area contributed by atoms with Gasteiger partial charge in [-0.25, -0.2) is 0 Å². The molecule has 1 saturated carbocycles. The van der Waals surface area contributed by atoms with E-state index in [1.54, 1.807) is 11.3 Å². The van der Waals surface area contributed by atoms with Crippen LogP contribution in [0.2, 0.25) is 0 Å². The van der Waals surface area contributed by atoms with Gasteiger partial charge in [-0.05, 0) is 30.2 Å². The van der Waals surface area contributed by atoms with Gasteiger partial charge in [-0.2, -0.15) is 0 Å². The van der Waals surface area contributed by atoms with Crippen molar-refractivity contribution in [2.75, 3.05) is 5.75 Å². The lowest BCUT2D eigenvalue weighted by Crippen LogP contribution is -2.41. The van der Waals surface area contributed by atoms with Crippen LogP contribution in [0, 0.1) is 5.92 Å². The summed E-state index contributed by atoms with van der Waals surface area (Å²) in [5.41, 5.74) is 0. The first-order chi connectivity index (χ1) is 10.7. The average molecular weight is 337 g/mol. The molecular weight excluding hydrogens is 318 g/mol. The third-order valence-corrected chi connectivity index (χ3v) is 5.60. The molecule has 1 aliphatic carbocycles. The van der Waals surface area contributed by atoms with Gasteiger partial charge in [0.05, 0.1) is 10.6 Å². The molecule has 118 valence electrons. The summed E-state index contributed by atoms with van der Waals surface area (Å²) in [7, 11) is 0. The first-order valence-electron chi connectivity index (χ1n) is 7.52. The van der Waals surface area contributed by atoms with Crippen molar-refractivity contribution in [2.24, 2.45) is 5.92 Å². The van der Waals surface area contributed by atoms with E-state index < -0.39 is 0 Å². The van der Waals surface area contributed by atoms with Crippen molar-refractivity contribution in [3.8, 4) is 10.8 Å². The molecule has 1 N–H and O–H groups in total. The maximum Gasteiger partial charge on any atom is 0.277 e. The summed E-state index contributed by atoms with van der Waals surface area (Å²) in [6.07, 6.45) is 4.76. The minimum Gasteiger partial charge on any atom is -0.410 e. The van der Waals surface area contributed by atoms with Crippen molar-refractivity contribution in [2.45, 2.75) is 43.9 Å². The number of carbonyl (C=O) groups excluding carboxylic acids is 1. The zero-order valence-corrected chi connectivity index (χ0v) is 14.1. The third kappa shape index (κ3) is 3.89. The van der Waals surface area contributed by atoms with Crippen molar-refractivity contribution in [3.05, 3.63) is 17.5 Å². The summed E-state index contributed by atoms with van der Waals surface area (Å²) in [5, 5.41) is 13.5. The quantitative estimate of drug-likeness (QED) is 0.845. The maximum atomic E-state index is 12.0. The number of carbonyl (C=O) groups is 1. The van der Waals surface area contributed by atoms with E-state index in [1.807, 2.05) is 17.5 Å². The number of hydrogen-bond acceptors (Lipinski definition) is 6. The van der Waals surface area contributed by atoms with Crippen molar-refractivity contribution < 1.29 is 9.21 Å². The van der Waals surface area contributed by atoms with Crippen LogP contribution in [0.3, 0.4) is 0 Å². The number of nitrogens with zero attached hydrogens (tertiary/aromatic N) is 2. The van der Waals surface area contributed by atoms with Crippen LogP contribution in [0.1, 0.15) is 32.6 Å². The smallest absolute Gasteiger partial charge is 0.277 e. The lowest BCUT2D eigenvalue weighted by Gasteiger charge is -2.29. The summed E-state index contributed by atoms with van der Waals surface area (Å²) in [6, 6.07) is 4.19. The van der Waals surface area contributed by atoms with E-state index in [0.29, 0.717) is 28.8 Å². The molecule has 2 aromatic heterocycles. The Morgan fingerprint density at radius 3 is 3.09 bits per heavy atom. The molecule has 2 heterocycles. The van der Waals surface area contributed by atoms with Crippen molar-refractivity contribution in [1.29, 1.82) is 0 Å². The summed E-state index contributed by atoms with van der Waals surface area (Å²) in [5.74, 6) is 1.44. The molecular formula is C15H19N3O2S2. The van der Waals surface area contributed by atoms with E-state index >= 15 is 0 Å². The Bertz CT molecular complexity index is 612. The van der Waals surface area contributed by atoms with Gasteiger partial charge < -0.3 is 9.73 Å². The Kier molecular flexibility index (Phi) is 5.15. The van der Waals surface area contributed by atoms with Gasteiger partial charge in [0.2, 0.25) is 5.91 Å². The minimum atomic E-state index is 0.0413. The molecule has 5 nitrogen and oxygen atoms in total. The zero-order valence-electron chi connectivity index (χ0n) is 12.4. The maximum absolute atomic E-state index is 12.0. The van der Waals surface area contributed by atoms with Gasteiger partial charge in [-0.1, -0.05) is 37.6 Å². The highest BCUT2D eigenvalue weighted by molar-refractivity contribution is 7.99. The first-order valence-corrected chi connectivity index (χ1v) is 9.38. The van der Waals surface area contributed by atoms with E-state index in [2.05, 4.69) is 22.4 Å². The number of nitrogens with one attached hydrogen (secondary N) is 1. The molecule has 0 bridgehead atoms. The minimum absolute atomic E-state index is 0.0413. The molecule has 7 heteroatoms. The van der Waals surface area contributed by atoms with Gasteiger partial charge in [0.1, 0.15) is 0 Å². The zero-order chi connectivity index (χ0) is 15.4. The summed E-state index contributed by atoms with van der Waals surface area (Å²) in [4.78, 5) is 13.0. The molecule has 0 unspecified atom stereocenters. The molecule has 2 aromatic rings. The van der Waals surface area contributed by atoms with E-state index in [4.69, 9.17) is 4.42 Å². The van der Waals surface area contributed by atoms with Gasteiger partial charge in [0.25, 0.3) is 11.1 Å². The molecule has 0 spiro atoms. The molecule has 1 amide bonds. The van der Waals surface area contributed by atoms with Crippen LogP contribution < -0.4 is 5.32 Å². The van der Waals surface area contributed by atoms with E-state index in [1.165, 1.54) is 31.0 Å². The molecule has 0 radical (unpaired) electrons. The molecule has 1 fully saturated rings. The fourth-order valence-corrected chi connectivity index (χ4v) is 3.89. The highest BCUT2D eigenvalue weighted by Crippen LogP contribution is 2.27. The van der Waals surface area contributed by atoms with Crippen LogP contribution in [0.25, 0.3) is 10.8 Å². The number of aromatic nitrogens is 2. The Labute approximate surface area is 137 Å².